The lowest BCUT2D eigenvalue weighted by Crippen LogP contribution is -2.26. The summed E-state index contributed by atoms with van der Waals surface area (Å²) < 4.78 is 6.35. The molecule has 0 aliphatic carbocycles. The molecule has 3 rings (SSSR count). The van der Waals surface area contributed by atoms with Gasteiger partial charge in [0.2, 0.25) is 0 Å². The predicted octanol–water partition coefficient (Wildman–Crippen LogP) is 2.51. The average molecular weight is 351 g/mol. The molecule has 0 unspecified atom stereocenters. The van der Waals surface area contributed by atoms with Crippen molar-refractivity contribution in [2.24, 2.45) is 0 Å². The second-order valence-electron chi connectivity index (χ2n) is 5.57. The van der Waals surface area contributed by atoms with E-state index < -0.39 is 17.4 Å². The number of amides is 1. The smallest absolute Gasteiger partial charge is 0.338 e. The minimum atomic E-state index is -0.568. The number of rotatable bonds is 5. The van der Waals surface area contributed by atoms with Crippen LogP contribution in [0.3, 0.4) is 0 Å². The maximum absolute atomic E-state index is 12.4. The number of pyridine rings is 1. The van der Waals surface area contributed by atoms with E-state index in [2.05, 4.69) is 10.3 Å². The molecule has 26 heavy (non-hydrogen) atoms. The lowest BCUT2D eigenvalue weighted by molar-refractivity contribution is 0.0505. The molecule has 7 nitrogen and oxygen atoms in total. The van der Waals surface area contributed by atoms with Crippen molar-refractivity contribution in [1.29, 1.82) is 0 Å². The van der Waals surface area contributed by atoms with Crippen molar-refractivity contribution in [1.82, 2.24) is 9.38 Å². The molecule has 0 saturated carbocycles. The number of benzene rings is 1. The van der Waals surface area contributed by atoms with Crippen molar-refractivity contribution in [2.75, 3.05) is 11.9 Å². The van der Waals surface area contributed by atoms with Crippen LogP contribution >= 0.6 is 0 Å². The molecule has 0 aliphatic rings. The number of carbonyl (C=O) groups excluding carboxylic acids is 2. The van der Waals surface area contributed by atoms with Gasteiger partial charge in [-0.15, -0.1) is 0 Å². The van der Waals surface area contributed by atoms with Gasteiger partial charge in [0.05, 0.1) is 12.2 Å². The maximum atomic E-state index is 12.4. The summed E-state index contributed by atoms with van der Waals surface area (Å²) in [6.45, 7) is 2.27. The van der Waals surface area contributed by atoms with E-state index in [1.165, 1.54) is 10.6 Å². The lowest BCUT2D eigenvalue weighted by atomic mass is 10.2. The Labute approximate surface area is 149 Å². The van der Waals surface area contributed by atoms with Crippen molar-refractivity contribution in [3.05, 3.63) is 76.3 Å². The lowest BCUT2D eigenvalue weighted by Gasteiger charge is -2.07. The molecule has 0 fully saturated rings. The first-order valence-corrected chi connectivity index (χ1v) is 8.15. The van der Waals surface area contributed by atoms with Crippen LogP contribution in [-0.4, -0.2) is 27.9 Å². The first-order valence-electron chi connectivity index (χ1n) is 8.15. The number of fused-ring (bicyclic) bond motifs is 1. The fourth-order valence-electron chi connectivity index (χ4n) is 2.35. The summed E-state index contributed by atoms with van der Waals surface area (Å²) in [6, 6.07) is 11.4. The van der Waals surface area contributed by atoms with E-state index in [0.29, 0.717) is 23.5 Å². The summed E-state index contributed by atoms with van der Waals surface area (Å²) in [4.78, 5) is 40.7. The molecule has 0 bridgehead atoms. The van der Waals surface area contributed by atoms with Crippen LogP contribution in [0.2, 0.25) is 0 Å². The number of nitrogens with zero attached hydrogens (tertiary/aromatic N) is 2. The van der Waals surface area contributed by atoms with Gasteiger partial charge in [-0.25, -0.2) is 9.78 Å². The van der Waals surface area contributed by atoms with Crippen molar-refractivity contribution >= 4 is 23.2 Å². The van der Waals surface area contributed by atoms with Crippen molar-refractivity contribution in [2.45, 2.75) is 13.3 Å². The highest BCUT2D eigenvalue weighted by Crippen LogP contribution is 2.12. The number of anilines is 1. The second kappa shape index (κ2) is 7.60. The molecule has 0 aliphatic heterocycles. The molecule has 132 valence electrons. The maximum Gasteiger partial charge on any atom is 0.338 e. The van der Waals surface area contributed by atoms with Gasteiger partial charge < -0.3 is 10.1 Å². The summed E-state index contributed by atoms with van der Waals surface area (Å²) in [6.07, 6.45) is 3.55. The third kappa shape index (κ3) is 3.61. The second-order valence-corrected chi connectivity index (χ2v) is 5.57. The van der Waals surface area contributed by atoms with E-state index in [4.69, 9.17) is 4.74 Å². The third-order valence-electron chi connectivity index (χ3n) is 3.67. The van der Waals surface area contributed by atoms with Crippen LogP contribution in [0.1, 0.15) is 34.1 Å². The molecule has 2 heterocycles. The molecular weight excluding hydrogens is 334 g/mol. The molecule has 1 aromatic carbocycles. The first-order chi connectivity index (χ1) is 12.6. The minimum absolute atomic E-state index is 0.0693. The van der Waals surface area contributed by atoms with Crippen LogP contribution in [-0.2, 0) is 4.74 Å². The van der Waals surface area contributed by atoms with Crippen LogP contribution < -0.4 is 10.9 Å². The Morgan fingerprint density at radius 2 is 1.92 bits per heavy atom. The predicted molar refractivity (Wildman–Crippen MR) is 96.4 cm³/mol. The van der Waals surface area contributed by atoms with E-state index in [1.807, 2.05) is 6.92 Å². The number of carbonyl (C=O) groups is 2. The largest absolute Gasteiger partial charge is 0.462 e. The average Bonchev–Trinajstić information content (AvgIpc) is 2.67. The first kappa shape index (κ1) is 17.3. The Balaban J connectivity index is 1.77. The van der Waals surface area contributed by atoms with Gasteiger partial charge in [0.25, 0.3) is 11.5 Å². The van der Waals surface area contributed by atoms with Gasteiger partial charge in [-0.05, 0) is 42.8 Å². The van der Waals surface area contributed by atoms with Crippen LogP contribution in [0.25, 0.3) is 5.65 Å². The molecule has 0 spiro atoms. The normalized spacial score (nSPS) is 10.5. The standard InChI is InChI=1S/C19H17N3O4/c1-2-11-26-19(25)13-6-8-14(9-7-13)21-17(23)15-12-20-16-5-3-4-10-22(16)18(15)24/h3-10,12H,2,11H2,1H3,(H,21,23). The molecule has 3 aromatic rings. The number of hydrogen-bond donors (Lipinski definition) is 1. The summed E-state index contributed by atoms with van der Waals surface area (Å²) in [5.74, 6) is -0.983. The van der Waals surface area contributed by atoms with Crippen molar-refractivity contribution in [3.8, 4) is 0 Å². The fraction of sp³-hybridized carbons (Fsp3) is 0.158. The fourth-order valence-corrected chi connectivity index (χ4v) is 2.35. The van der Waals surface area contributed by atoms with E-state index in [-0.39, 0.29) is 5.56 Å². The highest BCUT2D eigenvalue weighted by molar-refractivity contribution is 6.04. The van der Waals surface area contributed by atoms with E-state index in [9.17, 15) is 14.4 Å². The molecule has 7 heteroatoms. The number of esters is 1. The molecule has 2 aromatic heterocycles. The zero-order valence-electron chi connectivity index (χ0n) is 14.1. The summed E-state index contributed by atoms with van der Waals surface area (Å²) >= 11 is 0. The van der Waals surface area contributed by atoms with Crippen molar-refractivity contribution < 1.29 is 14.3 Å². The van der Waals surface area contributed by atoms with Gasteiger partial charge in [-0.3, -0.25) is 14.0 Å². The molecule has 0 saturated heterocycles. The quantitative estimate of drug-likeness (QED) is 0.714. The van der Waals surface area contributed by atoms with Crippen LogP contribution in [0.4, 0.5) is 5.69 Å². The Morgan fingerprint density at radius 3 is 2.65 bits per heavy atom. The van der Waals surface area contributed by atoms with Crippen LogP contribution in [0, 0.1) is 0 Å². The molecule has 0 atom stereocenters. The minimum Gasteiger partial charge on any atom is -0.462 e. The van der Waals surface area contributed by atoms with E-state index in [1.54, 1.807) is 48.7 Å². The zero-order chi connectivity index (χ0) is 18.5. The molecule has 1 amide bonds. The van der Waals surface area contributed by atoms with Gasteiger partial charge in [0, 0.05) is 18.1 Å². The SMILES string of the molecule is CCCOC(=O)c1ccc(NC(=O)c2cnc3ccccn3c2=O)cc1. The Bertz CT molecular complexity index is 1010. The summed E-state index contributed by atoms with van der Waals surface area (Å²) in [5, 5.41) is 2.63. The monoisotopic (exact) mass is 351 g/mol. The van der Waals surface area contributed by atoms with Crippen molar-refractivity contribution in [3.63, 3.8) is 0 Å². The highest BCUT2D eigenvalue weighted by Gasteiger charge is 2.14. The summed E-state index contributed by atoms with van der Waals surface area (Å²) in [7, 11) is 0. The summed E-state index contributed by atoms with van der Waals surface area (Å²) in [5.41, 5.74) is 0.792. The van der Waals surface area contributed by atoms with Gasteiger partial charge in [0.1, 0.15) is 11.2 Å². The number of aromatic nitrogens is 2. The molecule has 0 radical (unpaired) electrons. The highest BCUT2D eigenvalue weighted by atomic mass is 16.5. The molecule has 1 N–H and O–H groups in total. The number of nitrogens with one attached hydrogen (secondary N) is 1. The molecular formula is C19H17N3O4. The zero-order valence-corrected chi connectivity index (χ0v) is 14.1. The Kier molecular flexibility index (Phi) is 5.07. The van der Waals surface area contributed by atoms with Gasteiger partial charge in [-0.2, -0.15) is 0 Å². The Morgan fingerprint density at radius 1 is 1.15 bits per heavy atom. The number of hydrogen-bond acceptors (Lipinski definition) is 5. The van der Waals surface area contributed by atoms with E-state index in [0.717, 1.165) is 6.42 Å². The topological polar surface area (TPSA) is 89.8 Å². The van der Waals surface area contributed by atoms with E-state index >= 15 is 0 Å². The van der Waals surface area contributed by atoms with Gasteiger partial charge in [0.15, 0.2) is 0 Å². The van der Waals surface area contributed by atoms with Crippen LogP contribution in [0.5, 0.6) is 0 Å². The van der Waals surface area contributed by atoms with Crippen LogP contribution in [0.15, 0.2) is 59.7 Å². The third-order valence-corrected chi connectivity index (χ3v) is 3.67. The number of ether oxygens (including phenoxy) is 1. The van der Waals surface area contributed by atoms with Gasteiger partial charge in [-0.1, -0.05) is 13.0 Å². The van der Waals surface area contributed by atoms with Gasteiger partial charge >= 0.3 is 5.97 Å². The Hall–Kier alpha value is -3.48.